The number of nitrogens with one attached hydrogen (secondary N) is 1. The first kappa shape index (κ1) is 13.9. The molecule has 14 heavy (non-hydrogen) atoms. The van der Waals surface area contributed by atoms with E-state index < -0.39 is 16.1 Å². The predicted octanol–water partition coefficient (Wildman–Crippen LogP) is 0.125. The van der Waals surface area contributed by atoms with Gasteiger partial charge in [0.05, 0.1) is 6.04 Å². The zero-order valence-electron chi connectivity index (χ0n) is 8.45. The summed E-state index contributed by atoms with van der Waals surface area (Å²) < 4.78 is 24.2. The smallest absolute Gasteiger partial charge is 0.240 e. The fraction of sp³-hybridized carbons (Fsp3) is 0.857. The standard InChI is InChI=1S/C7H15BrN2O3S/c1-4-10(3)7(11)6(2)9-14(12,13)5-8/h6,9H,4-5H2,1-3H3. The Morgan fingerprint density at radius 3 is 2.43 bits per heavy atom. The summed E-state index contributed by atoms with van der Waals surface area (Å²) in [7, 11) is -1.76. The maximum absolute atomic E-state index is 11.5. The maximum atomic E-state index is 11.5. The van der Waals surface area contributed by atoms with Crippen molar-refractivity contribution < 1.29 is 13.2 Å². The maximum Gasteiger partial charge on any atom is 0.240 e. The van der Waals surface area contributed by atoms with Crippen LogP contribution in [0.3, 0.4) is 0 Å². The lowest BCUT2D eigenvalue weighted by atomic mass is 10.3. The van der Waals surface area contributed by atoms with Crippen LogP contribution in [0.4, 0.5) is 0 Å². The molecule has 1 unspecified atom stereocenters. The SMILES string of the molecule is CCN(C)C(=O)C(C)NS(=O)(=O)CBr. The van der Waals surface area contributed by atoms with Gasteiger partial charge in [-0.1, -0.05) is 15.9 Å². The number of nitrogens with zero attached hydrogens (tertiary/aromatic N) is 1. The normalized spacial score (nSPS) is 13.7. The second-order valence-electron chi connectivity index (χ2n) is 2.92. The topological polar surface area (TPSA) is 66.5 Å². The first-order valence-corrected chi connectivity index (χ1v) is 6.92. The molecule has 0 spiro atoms. The molecule has 1 N–H and O–H groups in total. The number of likely N-dealkylation sites (N-methyl/N-ethyl adjacent to an activating group) is 1. The van der Waals surface area contributed by atoms with E-state index in [1.807, 2.05) is 6.92 Å². The number of carbonyl (C=O) groups is 1. The number of carbonyl (C=O) groups excluding carboxylic acids is 1. The van der Waals surface area contributed by atoms with Crippen LogP contribution >= 0.6 is 15.9 Å². The summed E-state index contributed by atoms with van der Waals surface area (Å²) in [5, 5.41) is 0. The highest BCUT2D eigenvalue weighted by atomic mass is 79.9. The molecule has 0 bridgehead atoms. The highest BCUT2D eigenvalue weighted by Crippen LogP contribution is 1.97. The Bertz CT molecular complexity index is 291. The fourth-order valence-electron chi connectivity index (χ4n) is 0.838. The molecule has 7 heteroatoms. The Balaban J connectivity index is 4.36. The van der Waals surface area contributed by atoms with Gasteiger partial charge in [-0.25, -0.2) is 13.1 Å². The lowest BCUT2D eigenvalue weighted by Crippen LogP contribution is -2.45. The van der Waals surface area contributed by atoms with Gasteiger partial charge in [-0.05, 0) is 13.8 Å². The minimum absolute atomic E-state index is 0.201. The molecule has 0 saturated carbocycles. The van der Waals surface area contributed by atoms with Crippen molar-refractivity contribution in [1.82, 2.24) is 9.62 Å². The lowest BCUT2D eigenvalue weighted by molar-refractivity contribution is -0.131. The van der Waals surface area contributed by atoms with Gasteiger partial charge >= 0.3 is 0 Å². The number of sulfonamides is 1. The van der Waals surface area contributed by atoms with Crippen molar-refractivity contribution in [3.63, 3.8) is 0 Å². The van der Waals surface area contributed by atoms with Crippen molar-refractivity contribution >= 4 is 31.9 Å². The van der Waals surface area contributed by atoms with E-state index in [-0.39, 0.29) is 10.6 Å². The second-order valence-corrected chi connectivity index (χ2v) is 5.97. The minimum atomic E-state index is -3.39. The van der Waals surface area contributed by atoms with Gasteiger partial charge in [0.15, 0.2) is 0 Å². The first-order valence-electron chi connectivity index (χ1n) is 4.15. The van der Waals surface area contributed by atoms with Crippen molar-refractivity contribution in [1.29, 1.82) is 0 Å². The Labute approximate surface area is 93.0 Å². The molecule has 0 aromatic heterocycles. The molecule has 0 rings (SSSR count). The Morgan fingerprint density at radius 2 is 2.07 bits per heavy atom. The molecule has 0 saturated heterocycles. The summed E-state index contributed by atoms with van der Waals surface area (Å²) in [6.45, 7) is 3.90. The van der Waals surface area contributed by atoms with Gasteiger partial charge in [0, 0.05) is 13.6 Å². The average Bonchev–Trinajstić information content (AvgIpc) is 2.14. The van der Waals surface area contributed by atoms with E-state index in [0.29, 0.717) is 6.54 Å². The molecule has 84 valence electrons. The fourth-order valence-corrected chi connectivity index (χ4v) is 1.94. The van der Waals surface area contributed by atoms with Gasteiger partial charge in [0.25, 0.3) is 0 Å². The highest BCUT2D eigenvalue weighted by Gasteiger charge is 2.21. The van der Waals surface area contributed by atoms with E-state index in [1.165, 1.54) is 11.8 Å². The van der Waals surface area contributed by atoms with Gasteiger partial charge in [0.2, 0.25) is 15.9 Å². The van der Waals surface area contributed by atoms with E-state index in [0.717, 1.165) is 0 Å². The minimum Gasteiger partial charge on any atom is -0.345 e. The van der Waals surface area contributed by atoms with Crippen LogP contribution in [0.15, 0.2) is 0 Å². The van der Waals surface area contributed by atoms with Crippen LogP contribution in [-0.2, 0) is 14.8 Å². The van der Waals surface area contributed by atoms with Gasteiger partial charge in [0.1, 0.15) is 4.66 Å². The quantitative estimate of drug-likeness (QED) is 0.731. The summed E-state index contributed by atoms with van der Waals surface area (Å²) >= 11 is 2.83. The Morgan fingerprint density at radius 1 is 1.57 bits per heavy atom. The van der Waals surface area contributed by atoms with Crippen molar-refractivity contribution in [3.8, 4) is 0 Å². The van der Waals surface area contributed by atoms with Crippen molar-refractivity contribution in [2.24, 2.45) is 0 Å². The van der Waals surface area contributed by atoms with Gasteiger partial charge in [-0.15, -0.1) is 0 Å². The molecule has 0 aliphatic carbocycles. The molecule has 0 aromatic carbocycles. The van der Waals surface area contributed by atoms with E-state index in [4.69, 9.17) is 0 Å². The number of alkyl halides is 1. The first-order chi connectivity index (χ1) is 6.34. The van der Waals surface area contributed by atoms with Crippen LogP contribution in [0.1, 0.15) is 13.8 Å². The molecule has 0 radical (unpaired) electrons. The van der Waals surface area contributed by atoms with Crippen LogP contribution in [0.25, 0.3) is 0 Å². The van der Waals surface area contributed by atoms with Crippen LogP contribution in [0, 0.1) is 0 Å². The number of hydrogen-bond acceptors (Lipinski definition) is 3. The van der Waals surface area contributed by atoms with E-state index in [1.54, 1.807) is 7.05 Å². The highest BCUT2D eigenvalue weighted by molar-refractivity contribution is 9.10. The number of halogens is 1. The lowest BCUT2D eigenvalue weighted by Gasteiger charge is -2.19. The molecule has 0 aromatic rings. The Kier molecular flexibility index (Phi) is 5.61. The molecule has 5 nitrogen and oxygen atoms in total. The van der Waals surface area contributed by atoms with Gasteiger partial charge in [-0.2, -0.15) is 0 Å². The zero-order valence-corrected chi connectivity index (χ0v) is 10.9. The van der Waals surface area contributed by atoms with Crippen molar-refractivity contribution in [2.45, 2.75) is 19.9 Å². The van der Waals surface area contributed by atoms with Crippen LogP contribution < -0.4 is 4.72 Å². The third kappa shape index (κ3) is 4.39. The van der Waals surface area contributed by atoms with E-state index in [2.05, 4.69) is 20.7 Å². The van der Waals surface area contributed by atoms with Gasteiger partial charge < -0.3 is 4.90 Å². The van der Waals surface area contributed by atoms with Crippen molar-refractivity contribution in [2.75, 3.05) is 18.3 Å². The summed E-state index contributed by atoms with van der Waals surface area (Å²) in [4.78, 5) is 12.9. The summed E-state index contributed by atoms with van der Waals surface area (Å²) in [5.74, 6) is -0.239. The third-order valence-corrected chi connectivity index (χ3v) is 4.53. The zero-order chi connectivity index (χ0) is 11.4. The molecule has 0 fully saturated rings. The number of amides is 1. The number of rotatable bonds is 5. The molecule has 0 aliphatic rings. The molecule has 0 aliphatic heterocycles. The average molecular weight is 287 g/mol. The predicted molar refractivity (Wildman–Crippen MR) is 58.6 cm³/mol. The van der Waals surface area contributed by atoms with E-state index >= 15 is 0 Å². The third-order valence-electron chi connectivity index (χ3n) is 1.72. The Hall–Kier alpha value is -0.140. The molecular formula is C7H15BrN2O3S. The summed E-state index contributed by atoms with van der Waals surface area (Å²) in [6, 6.07) is -0.720. The largest absolute Gasteiger partial charge is 0.345 e. The van der Waals surface area contributed by atoms with Crippen LogP contribution in [0.2, 0.25) is 0 Å². The number of hydrogen-bond donors (Lipinski definition) is 1. The van der Waals surface area contributed by atoms with Crippen LogP contribution in [0.5, 0.6) is 0 Å². The monoisotopic (exact) mass is 286 g/mol. The van der Waals surface area contributed by atoms with Crippen molar-refractivity contribution in [3.05, 3.63) is 0 Å². The summed E-state index contributed by atoms with van der Waals surface area (Å²) in [5.41, 5.74) is 0. The van der Waals surface area contributed by atoms with E-state index in [9.17, 15) is 13.2 Å². The molecule has 1 atom stereocenters. The second kappa shape index (κ2) is 5.67. The molecule has 1 amide bonds. The molecule has 0 heterocycles. The van der Waals surface area contributed by atoms with Gasteiger partial charge in [-0.3, -0.25) is 4.79 Å². The van der Waals surface area contributed by atoms with Crippen LogP contribution in [-0.4, -0.2) is 43.5 Å². The molecular weight excluding hydrogens is 272 g/mol. The summed E-state index contributed by atoms with van der Waals surface area (Å²) in [6.07, 6.45) is 0.